The fourth-order valence-corrected chi connectivity index (χ4v) is 6.08. The second-order valence-corrected chi connectivity index (χ2v) is 15.7. The van der Waals surface area contributed by atoms with Crippen LogP contribution >= 0.6 is 0 Å². The van der Waals surface area contributed by atoms with Crippen molar-refractivity contribution < 1.29 is 20.1 Å². The van der Waals surface area contributed by atoms with Gasteiger partial charge in [0, 0.05) is 49.6 Å². The molecular formula is C50H49IrN3-2. The SMILES string of the molecule is CC(C)(C)c1ccc(N(c2ccc(-c3cc[c-]c(-c4ccccn4)c3)cc2)c2ccc(C(C)(C)C)cc2)cc1.Cc1c[c-]c(-c2ccc(C)cn2)cc1.[Ir]. The molecule has 4 heteroatoms. The van der Waals surface area contributed by atoms with Gasteiger partial charge in [-0.2, -0.15) is 0 Å². The molecule has 7 aromatic rings. The van der Waals surface area contributed by atoms with Crippen LogP contribution in [0.3, 0.4) is 0 Å². The van der Waals surface area contributed by atoms with Gasteiger partial charge in [0.25, 0.3) is 0 Å². The summed E-state index contributed by atoms with van der Waals surface area (Å²) < 4.78 is 0. The molecule has 0 N–H and O–H groups in total. The Morgan fingerprint density at radius 3 is 1.54 bits per heavy atom. The standard InChI is InChI=1S/C37H37N2.C13H12N.Ir/c1-36(2,3)30-15-21-33(22-16-30)39(34-23-17-31(18-24-34)37(4,5)6)32-19-13-27(14-20-32)28-10-9-11-29(26-28)35-12-7-8-25-38-35;1-10-3-6-12(7-4-10)13-8-5-11(2)9-14-13;/h7-10,12-26H,1-6H3;3-6,8-9H,1-2H3;/q2*-1;. The van der Waals surface area contributed by atoms with Gasteiger partial charge in [-0.3, -0.25) is 0 Å². The van der Waals surface area contributed by atoms with Crippen LogP contribution in [0.5, 0.6) is 0 Å². The molecule has 1 radical (unpaired) electrons. The molecule has 7 rings (SSSR count). The summed E-state index contributed by atoms with van der Waals surface area (Å²) in [7, 11) is 0. The number of hydrogen-bond donors (Lipinski definition) is 0. The van der Waals surface area contributed by atoms with Crippen LogP contribution in [-0.4, -0.2) is 9.97 Å². The first-order chi connectivity index (χ1) is 25.3. The van der Waals surface area contributed by atoms with Gasteiger partial charge in [-0.05, 0) is 93.9 Å². The minimum Gasteiger partial charge on any atom is -0.311 e. The Kier molecular flexibility index (Phi) is 12.9. The topological polar surface area (TPSA) is 29.0 Å². The average molecular weight is 884 g/mol. The Hall–Kier alpha value is -5.15. The number of benzene rings is 5. The number of hydrogen-bond acceptors (Lipinski definition) is 3. The zero-order valence-electron chi connectivity index (χ0n) is 32.6. The van der Waals surface area contributed by atoms with Crippen molar-refractivity contribution >= 4 is 17.1 Å². The fraction of sp³-hybridized carbons (Fsp3) is 0.200. The summed E-state index contributed by atoms with van der Waals surface area (Å²) >= 11 is 0. The number of aryl methyl sites for hydroxylation is 2. The van der Waals surface area contributed by atoms with Gasteiger partial charge in [0.15, 0.2) is 0 Å². The number of pyridine rings is 2. The molecule has 0 bridgehead atoms. The maximum atomic E-state index is 4.49. The first kappa shape index (κ1) is 40.0. The van der Waals surface area contributed by atoms with Gasteiger partial charge in [-0.25, -0.2) is 0 Å². The number of rotatable bonds is 6. The Balaban J connectivity index is 0.000000313. The van der Waals surface area contributed by atoms with Gasteiger partial charge in [-0.1, -0.05) is 109 Å². The molecule has 2 heterocycles. The van der Waals surface area contributed by atoms with E-state index in [0.29, 0.717) is 0 Å². The summed E-state index contributed by atoms with van der Waals surface area (Å²) in [6.07, 6.45) is 3.70. The second kappa shape index (κ2) is 17.3. The molecule has 0 saturated heterocycles. The van der Waals surface area contributed by atoms with Crippen LogP contribution in [0, 0.1) is 26.0 Å². The Labute approximate surface area is 336 Å². The first-order valence-corrected chi connectivity index (χ1v) is 18.3. The van der Waals surface area contributed by atoms with E-state index >= 15 is 0 Å². The smallest absolute Gasteiger partial charge is 0.0462 e. The van der Waals surface area contributed by atoms with Gasteiger partial charge in [-0.15, -0.1) is 70.8 Å². The third-order valence-electron chi connectivity index (χ3n) is 9.34. The second-order valence-electron chi connectivity index (χ2n) is 15.7. The van der Waals surface area contributed by atoms with Crippen molar-refractivity contribution in [1.82, 2.24) is 9.97 Å². The first-order valence-electron chi connectivity index (χ1n) is 18.3. The van der Waals surface area contributed by atoms with Crippen LogP contribution < -0.4 is 4.90 Å². The van der Waals surface area contributed by atoms with E-state index < -0.39 is 0 Å². The Morgan fingerprint density at radius 2 is 1.06 bits per heavy atom. The number of anilines is 3. The summed E-state index contributed by atoms with van der Waals surface area (Å²) in [6.45, 7) is 17.6. The third kappa shape index (κ3) is 10.1. The maximum absolute atomic E-state index is 4.49. The minimum atomic E-state index is 0. The number of aromatic nitrogens is 2. The van der Waals surface area contributed by atoms with Crippen molar-refractivity contribution in [3.8, 4) is 33.6 Å². The van der Waals surface area contributed by atoms with E-state index in [0.717, 1.165) is 50.7 Å². The molecule has 0 aliphatic heterocycles. The van der Waals surface area contributed by atoms with Crippen molar-refractivity contribution in [3.63, 3.8) is 0 Å². The van der Waals surface area contributed by atoms with Gasteiger partial charge in [0.05, 0.1) is 0 Å². The third-order valence-corrected chi connectivity index (χ3v) is 9.34. The van der Waals surface area contributed by atoms with Gasteiger partial charge < -0.3 is 14.9 Å². The molecule has 0 atom stereocenters. The predicted molar refractivity (Wildman–Crippen MR) is 224 cm³/mol. The van der Waals surface area contributed by atoms with Gasteiger partial charge in [0.2, 0.25) is 0 Å². The van der Waals surface area contributed by atoms with E-state index in [1.165, 1.54) is 22.3 Å². The molecule has 54 heavy (non-hydrogen) atoms. The molecular weight excluding hydrogens is 835 g/mol. The van der Waals surface area contributed by atoms with Crippen molar-refractivity contribution in [3.05, 3.63) is 186 Å². The molecule has 0 fully saturated rings. The van der Waals surface area contributed by atoms with Crippen molar-refractivity contribution in [2.24, 2.45) is 0 Å². The normalized spacial score (nSPS) is 11.2. The molecule has 0 amide bonds. The summed E-state index contributed by atoms with van der Waals surface area (Å²) in [5.74, 6) is 0. The quantitative estimate of drug-likeness (QED) is 0.156. The van der Waals surface area contributed by atoms with E-state index in [9.17, 15) is 0 Å². The largest absolute Gasteiger partial charge is 0.311 e. The van der Waals surface area contributed by atoms with E-state index in [1.807, 2.05) is 61.8 Å². The Morgan fingerprint density at radius 1 is 0.500 bits per heavy atom. The Bertz CT molecular complexity index is 2110. The van der Waals surface area contributed by atoms with Crippen LogP contribution in [0.25, 0.3) is 33.6 Å². The van der Waals surface area contributed by atoms with Crippen LogP contribution in [0.2, 0.25) is 0 Å². The van der Waals surface area contributed by atoms with E-state index in [2.05, 4.69) is 173 Å². The molecule has 0 spiro atoms. The van der Waals surface area contributed by atoms with Crippen LogP contribution in [0.1, 0.15) is 63.8 Å². The average Bonchev–Trinajstić information content (AvgIpc) is 3.16. The molecule has 275 valence electrons. The van der Waals surface area contributed by atoms with Crippen LogP contribution in [0.15, 0.2) is 152 Å². The van der Waals surface area contributed by atoms with Crippen molar-refractivity contribution in [1.29, 1.82) is 0 Å². The van der Waals surface area contributed by atoms with E-state index in [-0.39, 0.29) is 30.9 Å². The molecule has 2 aromatic heterocycles. The summed E-state index contributed by atoms with van der Waals surface area (Å²) in [4.78, 5) is 11.2. The zero-order valence-corrected chi connectivity index (χ0v) is 35.0. The van der Waals surface area contributed by atoms with Crippen molar-refractivity contribution in [2.75, 3.05) is 4.90 Å². The van der Waals surface area contributed by atoms with E-state index in [4.69, 9.17) is 0 Å². The minimum absolute atomic E-state index is 0. The molecule has 0 aliphatic carbocycles. The summed E-state index contributed by atoms with van der Waals surface area (Å²) in [5, 5.41) is 0. The number of nitrogens with zero attached hydrogens (tertiary/aromatic N) is 3. The fourth-order valence-electron chi connectivity index (χ4n) is 6.08. The van der Waals surface area contributed by atoms with Crippen LogP contribution in [-0.2, 0) is 30.9 Å². The molecule has 5 aromatic carbocycles. The predicted octanol–water partition coefficient (Wildman–Crippen LogP) is 13.4. The molecule has 0 unspecified atom stereocenters. The summed E-state index contributed by atoms with van der Waals surface area (Å²) in [5.41, 5.74) is 15.0. The van der Waals surface area contributed by atoms with Crippen molar-refractivity contribution in [2.45, 2.75) is 66.2 Å². The maximum Gasteiger partial charge on any atom is 0.0462 e. The summed E-state index contributed by atoms with van der Waals surface area (Å²) in [6, 6.07) is 55.7. The van der Waals surface area contributed by atoms with Gasteiger partial charge in [0.1, 0.15) is 0 Å². The van der Waals surface area contributed by atoms with E-state index in [1.54, 1.807) is 0 Å². The van der Waals surface area contributed by atoms with Crippen LogP contribution in [0.4, 0.5) is 17.1 Å². The zero-order chi connectivity index (χ0) is 37.6. The monoisotopic (exact) mass is 884 g/mol. The van der Waals surface area contributed by atoms with Gasteiger partial charge >= 0.3 is 0 Å². The molecule has 0 aliphatic rings. The molecule has 0 saturated carbocycles. The molecule has 3 nitrogen and oxygen atoms in total.